The molecule has 0 unspecified atom stereocenters. The molecule has 5 rings (SSSR count). The third-order valence-corrected chi connectivity index (χ3v) is 6.05. The number of anilines is 3. The third kappa shape index (κ3) is 3.88. The van der Waals surface area contributed by atoms with E-state index in [2.05, 4.69) is 15.3 Å². The SMILES string of the molecule is CC(C)n1nc(-c2ccc3c(c2)CCN3C(=O)Nc2cccc(C(F)(F)F)c2F)c2c(N)ncnc21. The van der Waals surface area contributed by atoms with E-state index in [1.165, 1.54) is 11.2 Å². The molecule has 3 heterocycles. The van der Waals surface area contributed by atoms with Crippen molar-refractivity contribution in [3.63, 3.8) is 0 Å². The summed E-state index contributed by atoms with van der Waals surface area (Å²) in [5.41, 5.74) is 7.52. The molecule has 0 aliphatic carbocycles. The molecular formula is C24H21F4N7O. The molecule has 2 aromatic heterocycles. The van der Waals surface area contributed by atoms with Gasteiger partial charge in [0, 0.05) is 23.8 Å². The van der Waals surface area contributed by atoms with Crippen molar-refractivity contribution in [3.05, 3.63) is 59.7 Å². The minimum Gasteiger partial charge on any atom is -0.383 e. The molecule has 4 aromatic rings. The van der Waals surface area contributed by atoms with Crippen molar-refractivity contribution in [3.8, 4) is 11.3 Å². The van der Waals surface area contributed by atoms with Gasteiger partial charge in [-0.15, -0.1) is 0 Å². The summed E-state index contributed by atoms with van der Waals surface area (Å²) in [5, 5.41) is 7.59. The third-order valence-electron chi connectivity index (χ3n) is 6.05. The zero-order valence-corrected chi connectivity index (χ0v) is 19.3. The highest BCUT2D eigenvalue weighted by molar-refractivity contribution is 6.04. The molecule has 0 saturated heterocycles. The number of halogens is 4. The summed E-state index contributed by atoms with van der Waals surface area (Å²) in [7, 11) is 0. The molecule has 12 heteroatoms. The van der Waals surface area contributed by atoms with Crippen LogP contribution < -0.4 is 16.0 Å². The van der Waals surface area contributed by atoms with Gasteiger partial charge in [-0.05, 0) is 50.1 Å². The summed E-state index contributed by atoms with van der Waals surface area (Å²) in [6, 6.07) is 7.43. The second-order valence-electron chi connectivity index (χ2n) is 8.68. The summed E-state index contributed by atoms with van der Waals surface area (Å²) < 4.78 is 55.2. The van der Waals surface area contributed by atoms with Crippen LogP contribution in [0.1, 0.15) is 31.0 Å². The van der Waals surface area contributed by atoms with Crippen molar-refractivity contribution >= 4 is 34.3 Å². The van der Waals surface area contributed by atoms with E-state index >= 15 is 0 Å². The normalized spacial score (nSPS) is 13.5. The van der Waals surface area contributed by atoms with Crippen LogP contribution in [0.5, 0.6) is 0 Å². The smallest absolute Gasteiger partial charge is 0.383 e. The molecule has 186 valence electrons. The lowest BCUT2D eigenvalue weighted by molar-refractivity contribution is -0.139. The maximum atomic E-state index is 14.4. The van der Waals surface area contributed by atoms with Crippen LogP contribution in [0.15, 0.2) is 42.7 Å². The summed E-state index contributed by atoms with van der Waals surface area (Å²) in [6.07, 6.45) is -2.99. The van der Waals surface area contributed by atoms with Crippen LogP contribution in [0.2, 0.25) is 0 Å². The van der Waals surface area contributed by atoms with Crippen molar-refractivity contribution in [1.29, 1.82) is 0 Å². The molecule has 0 fully saturated rings. The largest absolute Gasteiger partial charge is 0.419 e. The fourth-order valence-corrected chi connectivity index (χ4v) is 4.35. The Kier molecular flexibility index (Phi) is 5.53. The standard InChI is InChI=1S/C24H21F4N7O/c1-12(2)35-22-18(21(29)30-11-31-22)20(33-35)14-6-7-17-13(10-14)8-9-34(17)23(36)32-16-5-3-4-15(19(16)25)24(26,27)28/h3-7,10-12H,8-9H2,1-2H3,(H,32,36)(H2,29,30,31). The minimum absolute atomic E-state index is 0.0282. The highest BCUT2D eigenvalue weighted by Gasteiger charge is 2.35. The van der Waals surface area contributed by atoms with Crippen LogP contribution in [-0.4, -0.2) is 32.3 Å². The number of carbonyl (C=O) groups excluding carboxylic acids is 1. The Morgan fingerprint density at radius 1 is 1.17 bits per heavy atom. The molecule has 0 saturated carbocycles. The van der Waals surface area contributed by atoms with E-state index in [0.29, 0.717) is 40.7 Å². The van der Waals surface area contributed by atoms with Crippen LogP contribution in [0.25, 0.3) is 22.3 Å². The molecule has 0 atom stereocenters. The van der Waals surface area contributed by atoms with E-state index in [-0.39, 0.29) is 12.6 Å². The highest BCUT2D eigenvalue weighted by atomic mass is 19.4. The van der Waals surface area contributed by atoms with Crippen LogP contribution in [0.4, 0.5) is 39.5 Å². The summed E-state index contributed by atoms with van der Waals surface area (Å²) >= 11 is 0. The zero-order chi connectivity index (χ0) is 25.8. The van der Waals surface area contributed by atoms with Gasteiger partial charge in [0.15, 0.2) is 11.5 Å². The van der Waals surface area contributed by atoms with Gasteiger partial charge in [0.1, 0.15) is 17.8 Å². The van der Waals surface area contributed by atoms with Gasteiger partial charge in [-0.1, -0.05) is 12.1 Å². The predicted molar refractivity (Wildman–Crippen MR) is 127 cm³/mol. The molecule has 2 amide bonds. The Bertz CT molecular complexity index is 1500. The summed E-state index contributed by atoms with van der Waals surface area (Å²) in [5.74, 6) is -1.23. The monoisotopic (exact) mass is 499 g/mol. The van der Waals surface area contributed by atoms with Crippen molar-refractivity contribution in [2.75, 3.05) is 22.5 Å². The molecule has 3 N–H and O–H groups in total. The number of aromatic nitrogens is 4. The van der Waals surface area contributed by atoms with E-state index in [1.54, 1.807) is 16.8 Å². The Morgan fingerprint density at radius 3 is 2.67 bits per heavy atom. The summed E-state index contributed by atoms with van der Waals surface area (Å²) in [4.78, 5) is 22.6. The number of nitrogens with two attached hydrogens (primary N) is 1. The number of nitrogens with zero attached hydrogens (tertiary/aromatic N) is 5. The number of hydrogen-bond donors (Lipinski definition) is 2. The fourth-order valence-electron chi connectivity index (χ4n) is 4.35. The second-order valence-corrected chi connectivity index (χ2v) is 8.68. The number of fused-ring (bicyclic) bond motifs is 2. The highest BCUT2D eigenvalue weighted by Crippen LogP contribution is 2.37. The molecule has 1 aliphatic heterocycles. The zero-order valence-electron chi connectivity index (χ0n) is 19.3. The van der Waals surface area contributed by atoms with Gasteiger partial charge in [-0.3, -0.25) is 4.90 Å². The van der Waals surface area contributed by atoms with E-state index < -0.39 is 29.3 Å². The molecule has 36 heavy (non-hydrogen) atoms. The van der Waals surface area contributed by atoms with Gasteiger partial charge >= 0.3 is 12.2 Å². The molecule has 1 aliphatic rings. The number of hydrogen-bond acceptors (Lipinski definition) is 5. The topological polar surface area (TPSA) is 102 Å². The van der Waals surface area contributed by atoms with Gasteiger partial charge < -0.3 is 11.1 Å². The van der Waals surface area contributed by atoms with Gasteiger partial charge in [0.2, 0.25) is 0 Å². The second kappa shape index (κ2) is 8.47. The maximum absolute atomic E-state index is 14.4. The number of nitrogen functional groups attached to an aromatic ring is 1. The van der Waals surface area contributed by atoms with Gasteiger partial charge in [-0.2, -0.15) is 18.3 Å². The Morgan fingerprint density at radius 2 is 1.94 bits per heavy atom. The Hall–Kier alpha value is -4.22. The van der Waals surface area contributed by atoms with Crippen LogP contribution >= 0.6 is 0 Å². The first-order valence-electron chi connectivity index (χ1n) is 11.1. The van der Waals surface area contributed by atoms with Gasteiger partial charge in [0.25, 0.3) is 0 Å². The number of benzene rings is 2. The molecule has 8 nitrogen and oxygen atoms in total. The first-order valence-corrected chi connectivity index (χ1v) is 11.1. The molecule has 0 bridgehead atoms. The Labute approximate surface area is 202 Å². The van der Waals surface area contributed by atoms with E-state index in [1.807, 2.05) is 19.9 Å². The van der Waals surface area contributed by atoms with Crippen molar-refractivity contribution in [2.45, 2.75) is 32.5 Å². The summed E-state index contributed by atoms with van der Waals surface area (Å²) in [6.45, 7) is 4.22. The predicted octanol–water partition coefficient (Wildman–Crippen LogP) is 5.41. The Balaban J connectivity index is 1.46. The lowest BCUT2D eigenvalue weighted by Crippen LogP contribution is -2.33. The van der Waals surface area contributed by atoms with Crippen LogP contribution in [0.3, 0.4) is 0 Å². The van der Waals surface area contributed by atoms with Crippen LogP contribution in [-0.2, 0) is 12.6 Å². The van der Waals surface area contributed by atoms with Crippen molar-refractivity contribution in [1.82, 2.24) is 19.7 Å². The van der Waals surface area contributed by atoms with E-state index in [9.17, 15) is 22.4 Å². The van der Waals surface area contributed by atoms with E-state index in [0.717, 1.165) is 23.3 Å². The number of rotatable bonds is 3. The first kappa shape index (κ1) is 23.5. The lowest BCUT2D eigenvalue weighted by atomic mass is 10.0. The van der Waals surface area contributed by atoms with E-state index in [4.69, 9.17) is 10.8 Å². The molecule has 2 aromatic carbocycles. The maximum Gasteiger partial charge on any atom is 0.419 e. The molecule has 0 spiro atoms. The average Bonchev–Trinajstić information content (AvgIpc) is 3.42. The minimum atomic E-state index is -4.87. The van der Waals surface area contributed by atoms with Crippen LogP contribution in [0, 0.1) is 5.82 Å². The van der Waals surface area contributed by atoms with Gasteiger partial charge in [-0.25, -0.2) is 23.8 Å². The average molecular weight is 499 g/mol. The fraction of sp³-hybridized carbons (Fsp3) is 0.250. The molecular weight excluding hydrogens is 478 g/mol. The first-order chi connectivity index (χ1) is 17.1. The van der Waals surface area contributed by atoms with Crippen molar-refractivity contribution in [2.24, 2.45) is 0 Å². The number of carbonyl (C=O) groups is 1. The number of urea groups is 1. The van der Waals surface area contributed by atoms with Crippen molar-refractivity contribution < 1.29 is 22.4 Å². The lowest BCUT2D eigenvalue weighted by Gasteiger charge is -2.19. The number of alkyl halides is 3. The number of amides is 2. The quantitative estimate of drug-likeness (QED) is 0.367. The van der Waals surface area contributed by atoms with Gasteiger partial charge in [0.05, 0.1) is 16.6 Å². The molecule has 0 radical (unpaired) electrons. The number of nitrogens with one attached hydrogen (secondary N) is 1.